The van der Waals surface area contributed by atoms with E-state index in [0.717, 1.165) is 102 Å². The lowest BCUT2D eigenvalue weighted by Gasteiger charge is -2.21. The molecular formula is C73H142O17P2. The number of ether oxygens (including phenoxy) is 4. The zero-order valence-electron chi connectivity index (χ0n) is 59.9. The van der Waals surface area contributed by atoms with E-state index in [1.807, 2.05) is 0 Å². The molecule has 0 heterocycles. The van der Waals surface area contributed by atoms with Gasteiger partial charge in [0.25, 0.3) is 0 Å². The Kier molecular flexibility index (Phi) is 63.7. The first-order valence-corrected chi connectivity index (χ1v) is 41.0. The van der Waals surface area contributed by atoms with Gasteiger partial charge in [-0.1, -0.05) is 324 Å². The molecule has 19 heteroatoms. The van der Waals surface area contributed by atoms with Crippen LogP contribution in [0.25, 0.3) is 0 Å². The lowest BCUT2D eigenvalue weighted by molar-refractivity contribution is -0.161. The van der Waals surface area contributed by atoms with E-state index in [4.69, 9.17) is 37.0 Å². The molecule has 0 aliphatic carbocycles. The second-order valence-electron chi connectivity index (χ2n) is 27.3. The molecule has 17 nitrogen and oxygen atoms in total. The molecule has 2 unspecified atom stereocenters. The molecule has 0 aliphatic rings. The number of carbonyl (C=O) groups excluding carboxylic acids is 4. The Balaban J connectivity index is 5.24. The summed E-state index contributed by atoms with van der Waals surface area (Å²) < 4.78 is 68.4. The molecule has 0 rings (SSSR count). The maximum absolute atomic E-state index is 13.1. The van der Waals surface area contributed by atoms with Crippen molar-refractivity contribution in [1.29, 1.82) is 0 Å². The fourth-order valence-corrected chi connectivity index (χ4v) is 12.7. The van der Waals surface area contributed by atoms with Gasteiger partial charge < -0.3 is 33.8 Å². The molecule has 92 heavy (non-hydrogen) atoms. The Morgan fingerprint density at radius 1 is 0.293 bits per heavy atom. The highest BCUT2D eigenvalue weighted by Crippen LogP contribution is 2.45. The summed E-state index contributed by atoms with van der Waals surface area (Å²) in [5.74, 6) is -0.632. The quantitative estimate of drug-likeness (QED) is 0.0222. The molecule has 5 atom stereocenters. The van der Waals surface area contributed by atoms with Gasteiger partial charge in [0.2, 0.25) is 0 Å². The van der Waals surface area contributed by atoms with Gasteiger partial charge in [0.1, 0.15) is 19.3 Å². The lowest BCUT2D eigenvalue weighted by atomic mass is 10.0. The number of hydrogen-bond acceptors (Lipinski definition) is 15. The SMILES string of the molecule is CCCCCCCCCCCCCCCCCCC(=O)O[C@H](COC(=O)CCCCCCCCCCCCCCC(C)C)COP(=O)(O)OC[C@@H](O)COP(=O)(O)OC[C@@H](COC(=O)CCCCCCCCCC(C)C)OC(=O)CCCCCCCCCCCCC. The number of rotatable bonds is 72. The van der Waals surface area contributed by atoms with Crippen LogP contribution in [-0.2, 0) is 65.4 Å². The second kappa shape index (κ2) is 65.0. The zero-order chi connectivity index (χ0) is 67.9. The summed E-state index contributed by atoms with van der Waals surface area (Å²) in [5.41, 5.74) is 0. The fourth-order valence-electron chi connectivity index (χ4n) is 11.1. The van der Waals surface area contributed by atoms with E-state index in [1.165, 1.54) is 186 Å². The van der Waals surface area contributed by atoms with Gasteiger partial charge in [-0.05, 0) is 37.5 Å². The molecule has 0 radical (unpaired) electrons. The van der Waals surface area contributed by atoms with Gasteiger partial charge in [-0.3, -0.25) is 37.3 Å². The van der Waals surface area contributed by atoms with E-state index < -0.39 is 97.5 Å². The Labute approximate surface area is 562 Å². The van der Waals surface area contributed by atoms with Crippen LogP contribution in [0.2, 0.25) is 0 Å². The maximum atomic E-state index is 13.1. The molecular weight excluding hydrogens is 1210 g/mol. The molecule has 0 aromatic carbocycles. The number of esters is 4. The standard InChI is InChI=1S/C73H142O17P2/c1-7-9-11-13-15-17-19-20-21-22-23-29-33-39-46-52-58-73(78)89-68(61-83-70(75)55-49-43-37-31-28-25-24-27-30-35-41-47-53-65(3)4)63-87-91(79,80)85-59-67(74)60-86-92(81,82)88-64-69(62-84-71(76)56-50-44-40-34-36-42-48-54-66(5)6)90-72(77)57-51-45-38-32-26-18-16-14-12-10-8-2/h65-69,74H,7-64H2,1-6H3,(H,79,80)(H,81,82)/t67-,68-,69-/m1/s1. The molecule has 0 aliphatic heterocycles. The van der Waals surface area contributed by atoms with Crippen LogP contribution in [0.3, 0.4) is 0 Å². The first kappa shape index (κ1) is 90.1. The third kappa shape index (κ3) is 66.7. The van der Waals surface area contributed by atoms with Gasteiger partial charge in [-0.15, -0.1) is 0 Å². The number of phosphoric acid groups is 2. The van der Waals surface area contributed by atoms with Gasteiger partial charge in [-0.25, -0.2) is 9.13 Å². The van der Waals surface area contributed by atoms with Crippen molar-refractivity contribution in [2.45, 2.75) is 394 Å². The molecule has 0 saturated carbocycles. The van der Waals surface area contributed by atoms with E-state index in [9.17, 15) is 43.2 Å². The lowest BCUT2D eigenvalue weighted by Crippen LogP contribution is -2.30. The highest BCUT2D eigenvalue weighted by molar-refractivity contribution is 7.47. The molecule has 0 aromatic rings. The van der Waals surface area contributed by atoms with Crippen molar-refractivity contribution in [3.8, 4) is 0 Å². The van der Waals surface area contributed by atoms with Crippen LogP contribution in [0.4, 0.5) is 0 Å². The highest BCUT2D eigenvalue weighted by Gasteiger charge is 2.30. The summed E-state index contributed by atoms with van der Waals surface area (Å²) in [4.78, 5) is 72.7. The molecule has 0 amide bonds. The molecule has 0 aromatic heterocycles. The van der Waals surface area contributed by atoms with Crippen molar-refractivity contribution in [3.05, 3.63) is 0 Å². The molecule has 0 bridgehead atoms. The topological polar surface area (TPSA) is 237 Å². The van der Waals surface area contributed by atoms with E-state index in [0.29, 0.717) is 31.6 Å². The number of aliphatic hydroxyl groups excluding tert-OH is 1. The summed E-state index contributed by atoms with van der Waals surface area (Å²) >= 11 is 0. The maximum Gasteiger partial charge on any atom is 0.472 e. The van der Waals surface area contributed by atoms with E-state index >= 15 is 0 Å². The highest BCUT2D eigenvalue weighted by atomic mass is 31.2. The van der Waals surface area contributed by atoms with Crippen LogP contribution in [0.1, 0.15) is 375 Å². The number of hydrogen-bond donors (Lipinski definition) is 3. The van der Waals surface area contributed by atoms with Gasteiger partial charge in [0.15, 0.2) is 12.2 Å². The van der Waals surface area contributed by atoms with Crippen molar-refractivity contribution in [2.24, 2.45) is 11.8 Å². The largest absolute Gasteiger partial charge is 0.472 e. The van der Waals surface area contributed by atoms with Crippen molar-refractivity contribution in [2.75, 3.05) is 39.6 Å². The second-order valence-corrected chi connectivity index (χ2v) is 30.2. The van der Waals surface area contributed by atoms with E-state index in [-0.39, 0.29) is 25.7 Å². The van der Waals surface area contributed by atoms with Gasteiger partial charge >= 0.3 is 39.5 Å². The Bertz CT molecular complexity index is 1790. The number of aliphatic hydroxyl groups is 1. The summed E-state index contributed by atoms with van der Waals surface area (Å²) in [5, 5.41) is 10.6. The van der Waals surface area contributed by atoms with Crippen LogP contribution >= 0.6 is 15.6 Å². The summed E-state index contributed by atoms with van der Waals surface area (Å²) in [6.07, 6.45) is 51.3. The molecule has 0 fully saturated rings. The average Bonchev–Trinajstić information content (AvgIpc) is 1.89. The minimum Gasteiger partial charge on any atom is -0.462 e. The van der Waals surface area contributed by atoms with Crippen LogP contribution in [0.5, 0.6) is 0 Å². The van der Waals surface area contributed by atoms with Crippen molar-refractivity contribution < 1.29 is 80.2 Å². The van der Waals surface area contributed by atoms with Crippen LogP contribution < -0.4 is 0 Å². The van der Waals surface area contributed by atoms with Gasteiger partial charge in [0, 0.05) is 25.7 Å². The van der Waals surface area contributed by atoms with Crippen LogP contribution in [0, 0.1) is 11.8 Å². The first-order valence-electron chi connectivity index (χ1n) is 38.0. The number of unbranched alkanes of at least 4 members (excludes halogenated alkanes) is 42. The normalized spacial score (nSPS) is 14.1. The van der Waals surface area contributed by atoms with Crippen molar-refractivity contribution in [3.63, 3.8) is 0 Å². The zero-order valence-corrected chi connectivity index (χ0v) is 61.6. The Hall–Kier alpha value is -1.94. The molecule has 3 N–H and O–H groups in total. The minimum atomic E-state index is -4.95. The molecule has 546 valence electrons. The van der Waals surface area contributed by atoms with E-state index in [1.54, 1.807) is 0 Å². The Morgan fingerprint density at radius 3 is 0.739 bits per heavy atom. The van der Waals surface area contributed by atoms with Crippen molar-refractivity contribution in [1.82, 2.24) is 0 Å². The summed E-state index contributed by atoms with van der Waals surface area (Å²) in [6.45, 7) is 9.53. The van der Waals surface area contributed by atoms with E-state index in [2.05, 4.69) is 41.5 Å². The third-order valence-electron chi connectivity index (χ3n) is 17.0. The molecule has 0 saturated heterocycles. The third-order valence-corrected chi connectivity index (χ3v) is 18.9. The van der Waals surface area contributed by atoms with Crippen molar-refractivity contribution >= 4 is 39.5 Å². The number of phosphoric ester groups is 2. The Morgan fingerprint density at radius 2 is 0.500 bits per heavy atom. The van der Waals surface area contributed by atoms with Crippen LogP contribution in [0.15, 0.2) is 0 Å². The first-order chi connectivity index (χ1) is 44.4. The predicted molar refractivity (Wildman–Crippen MR) is 372 cm³/mol. The van der Waals surface area contributed by atoms with Gasteiger partial charge in [-0.2, -0.15) is 0 Å². The predicted octanol–water partition coefficient (Wildman–Crippen LogP) is 21.2. The minimum absolute atomic E-state index is 0.106. The summed E-state index contributed by atoms with van der Waals surface area (Å²) in [7, 11) is -9.90. The molecule has 0 spiro atoms. The summed E-state index contributed by atoms with van der Waals surface area (Å²) in [6, 6.07) is 0. The van der Waals surface area contributed by atoms with Crippen LogP contribution in [-0.4, -0.2) is 96.7 Å². The number of carbonyl (C=O) groups is 4. The average molecular weight is 1350 g/mol. The smallest absolute Gasteiger partial charge is 0.462 e. The van der Waals surface area contributed by atoms with Gasteiger partial charge in [0.05, 0.1) is 26.4 Å². The fraction of sp³-hybridized carbons (Fsp3) is 0.945. The monoisotopic (exact) mass is 1350 g/mol.